The van der Waals surface area contributed by atoms with Gasteiger partial charge in [-0.25, -0.2) is 4.98 Å². The first kappa shape index (κ1) is 12.7. The zero-order valence-corrected chi connectivity index (χ0v) is 8.50. The van der Waals surface area contributed by atoms with Crippen LogP contribution in [-0.2, 0) is 6.54 Å². The molecule has 0 aliphatic rings. The van der Waals surface area contributed by atoms with Crippen molar-refractivity contribution in [3.8, 4) is 5.88 Å². The zero-order valence-electron chi connectivity index (χ0n) is 8.50. The van der Waals surface area contributed by atoms with E-state index in [1.54, 1.807) is 0 Å². The number of hydrogen-bond donors (Lipinski definition) is 1. The van der Waals surface area contributed by atoms with E-state index in [1.165, 1.54) is 12.4 Å². The topological polar surface area (TPSA) is 61.0 Å². The van der Waals surface area contributed by atoms with Crippen LogP contribution >= 0.6 is 0 Å². The zero-order chi connectivity index (χ0) is 12.0. The summed E-state index contributed by atoms with van der Waals surface area (Å²) < 4.78 is 40.4. The molecule has 0 aromatic carbocycles. The van der Waals surface area contributed by atoms with Gasteiger partial charge in [-0.1, -0.05) is 0 Å². The Kier molecular flexibility index (Phi) is 4.48. The van der Waals surface area contributed by atoms with Crippen LogP contribution in [0.4, 0.5) is 13.2 Å². The van der Waals surface area contributed by atoms with Crippen LogP contribution in [0.2, 0.25) is 0 Å². The van der Waals surface area contributed by atoms with E-state index in [2.05, 4.69) is 9.97 Å². The third kappa shape index (κ3) is 4.92. The number of ether oxygens (including phenoxy) is 1. The van der Waals surface area contributed by atoms with Gasteiger partial charge in [-0.15, -0.1) is 0 Å². The van der Waals surface area contributed by atoms with Crippen molar-refractivity contribution < 1.29 is 17.9 Å². The Labute approximate surface area is 90.6 Å². The predicted octanol–water partition coefficient (Wildman–Crippen LogP) is 1.66. The quantitative estimate of drug-likeness (QED) is 0.788. The SMILES string of the molecule is NCc1cncc(OCCCC(F)(F)F)n1. The van der Waals surface area contributed by atoms with Crippen LogP contribution in [-0.4, -0.2) is 22.8 Å². The molecule has 0 saturated heterocycles. The van der Waals surface area contributed by atoms with Crippen LogP contribution in [0.25, 0.3) is 0 Å². The number of nitrogens with zero attached hydrogens (tertiary/aromatic N) is 2. The summed E-state index contributed by atoms with van der Waals surface area (Å²) in [5, 5.41) is 0. The summed E-state index contributed by atoms with van der Waals surface area (Å²) in [5.74, 6) is 0.199. The number of rotatable bonds is 5. The number of hydrogen-bond acceptors (Lipinski definition) is 4. The van der Waals surface area contributed by atoms with E-state index < -0.39 is 12.6 Å². The Bertz CT molecular complexity index is 330. The van der Waals surface area contributed by atoms with Gasteiger partial charge in [0.2, 0.25) is 5.88 Å². The lowest BCUT2D eigenvalue weighted by Gasteiger charge is -2.07. The van der Waals surface area contributed by atoms with Crippen molar-refractivity contribution in [2.45, 2.75) is 25.6 Å². The molecule has 90 valence electrons. The molecule has 0 amide bonds. The standard InChI is InChI=1S/C9H12F3N3O/c10-9(11,12)2-1-3-16-8-6-14-5-7(4-13)15-8/h5-6H,1-4,13H2. The molecule has 16 heavy (non-hydrogen) atoms. The second-order valence-corrected chi connectivity index (χ2v) is 3.12. The molecule has 0 fully saturated rings. The van der Waals surface area contributed by atoms with Crippen molar-refractivity contribution >= 4 is 0 Å². The van der Waals surface area contributed by atoms with Gasteiger partial charge >= 0.3 is 6.18 Å². The fourth-order valence-electron chi connectivity index (χ4n) is 1.00. The van der Waals surface area contributed by atoms with Crippen LogP contribution in [0.5, 0.6) is 5.88 Å². The normalized spacial score (nSPS) is 11.5. The number of alkyl halides is 3. The van der Waals surface area contributed by atoms with Gasteiger partial charge in [0.25, 0.3) is 0 Å². The largest absolute Gasteiger partial charge is 0.477 e. The van der Waals surface area contributed by atoms with Gasteiger partial charge < -0.3 is 10.5 Å². The van der Waals surface area contributed by atoms with Crippen LogP contribution in [0.15, 0.2) is 12.4 Å². The molecule has 7 heteroatoms. The minimum Gasteiger partial charge on any atom is -0.477 e. The average molecular weight is 235 g/mol. The highest BCUT2D eigenvalue weighted by molar-refractivity contribution is 5.07. The lowest BCUT2D eigenvalue weighted by atomic mass is 10.3. The van der Waals surface area contributed by atoms with Crippen molar-refractivity contribution in [2.24, 2.45) is 5.73 Å². The predicted molar refractivity (Wildman–Crippen MR) is 50.7 cm³/mol. The van der Waals surface area contributed by atoms with Gasteiger partial charge in [-0.05, 0) is 6.42 Å². The molecular weight excluding hydrogens is 223 g/mol. The summed E-state index contributed by atoms with van der Waals surface area (Å²) in [7, 11) is 0. The van der Waals surface area contributed by atoms with Crippen molar-refractivity contribution in [3.63, 3.8) is 0 Å². The summed E-state index contributed by atoms with van der Waals surface area (Å²) >= 11 is 0. The van der Waals surface area contributed by atoms with Gasteiger partial charge in [0, 0.05) is 19.2 Å². The maximum Gasteiger partial charge on any atom is 0.389 e. The van der Waals surface area contributed by atoms with Gasteiger partial charge in [-0.3, -0.25) is 4.98 Å². The molecule has 1 aromatic rings. The van der Waals surface area contributed by atoms with Crippen molar-refractivity contribution in [3.05, 3.63) is 18.1 Å². The third-order valence-electron chi connectivity index (χ3n) is 1.73. The Hall–Kier alpha value is -1.37. The van der Waals surface area contributed by atoms with Gasteiger partial charge in [0.1, 0.15) is 0 Å². The van der Waals surface area contributed by atoms with E-state index in [0.717, 1.165) is 0 Å². The highest BCUT2D eigenvalue weighted by Gasteiger charge is 2.26. The Morgan fingerprint density at radius 1 is 1.31 bits per heavy atom. The van der Waals surface area contributed by atoms with Crippen LogP contribution in [0, 0.1) is 0 Å². The lowest BCUT2D eigenvalue weighted by Crippen LogP contribution is -2.10. The molecule has 0 atom stereocenters. The summed E-state index contributed by atoms with van der Waals surface area (Å²) in [6.45, 7) is 0.176. The Morgan fingerprint density at radius 3 is 2.69 bits per heavy atom. The van der Waals surface area contributed by atoms with Crippen molar-refractivity contribution in [1.82, 2.24) is 9.97 Å². The molecular formula is C9H12F3N3O. The smallest absolute Gasteiger partial charge is 0.389 e. The highest BCUT2D eigenvalue weighted by Crippen LogP contribution is 2.21. The number of nitrogens with two attached hydrogens (primary N) is 1. The number of aromatic nitrogens is 2. The fraction of sp³-hybridized carbons (Fsp3) is 0.556. The van der Waals surface area contributed by atoms with Gasteiger partial charge in [0.15, 0.2) is 0 Å². The molecule has 0 bridgehead atoms. The molecule has 0 radical (unpaired) electrons. The lowest BCUT2D eigenvalue weighted by molar-refractivity contribution is -0.136. The van der Waals surface area contributed by atoms with Crippen molar-refractivity contribution in [2.75, 3.05) is 6.61 Å². The minimum absolute atomic E-state index is 0.0395. The van der Waals surface area contributed by atoms with Gasteiger partial charge in [-0.2, -0.15) is 13.2 Å². The minimum atomic E-state index is -4.14. The van der Waals surface area contributed by atoms with Crippen LogP contribution in [0.3, 0.4) is 0 Å². The van der Waals surface area contributed by atoms with E-state index in [9.17, 15) is 13.2 Å². The first-order valence-corrected chi connectivity index (χ1v) is 4.72. The molecule has 0 saturated carbocycles. The molecule has 0 unspecified atom stereocenters. The number of halogens is 3. The second kappa shape index (κ2) is 5.64. The highest BCUT2D eigenvalue weighted by atomic mass is 19.4. The molecule has 1 rings (SSSR count). The van der Waals surface area contributed by atoms with E-state index in [4.69, 9.17) is 10.5 Å². The van der Waals surface area contributed by atoms with Gasteiger partial charge in [0.05, 0.1) is 18.5 Å². The van der Waals surface area contributed by atoms with E-state index in [0.29, 0.717) is 5.69 Å². The van der Waals surface area contributed by atoms with Crippen LogP contribution < -0.4 is 10.5 Å². The summed E-state index contributed by atoms with van der Waals surface area (Å²) in [4.78, 5) is 7.73. The first-order chi connectivity index (χ1) is 7.51. The molecule has 0 aliphatic heterocycles. The fourth-order valence-corrected chi connectivity index (χ4v) is 1.00. The summed E-state index contributed by atoms with van der Waals surface area (Å²) in [6.07, 6.45) is -2.29. The van der Waals surface area contributed by atoms with E-state index >= 15 is 0 Å². The summed E-state index contributed by atoms with van der Waals surface area (Å²) in [5.41, 5.74) is 5.86. The Balaban J connectivity index is 2.32. The maximum absolute atomic E-state index is 11.8. The average Bonchev–Trinajstić information content (AvgIpc) is 2.23. The molecule has 1 aromatic heterocycles. The summed E-state index contributed by atoms with van der Waals surface area (Å²) in [6, 6.07) is 0. The van der Waals surface area contributed by atoms with Crippen LogP contribution in [0.1, 0.15) is 18.5 Å². The molecule has 1 heterocycles. The van der Waals surface area contributed by atoms with E-state index in [1.807, 2.05) is 0 Å². The first-order valence-electron chi connectivity index (χ1n) is 4.72. The second-order valence-electron chi connectivity index (χ2n) is 3.12. The molecule has 0 aliphatic carbocycles. The maximum atomic E-state index is 11.8. The molecule has 0 spiro atoms. The third-order valence-corrected chi connectivity index (χ3v) is 1.73. The molecule has 2 N–H and O–H groups in total. The molecule has 4 nitrogen and oxygen atoms in total. The Morgan fingerprint density at radius 2 is 2.06 bits per heavy atom. The van der Waals surface area contributed by atoms with Crippen molar-refractivity contribution in [1.29, 1.82) is 0 Å². The monoisotopic (exact) mass is 235 g/mol. The van der Waals surface area contributed by atoms with E-state index in [-0.39, 0.29) is 25.5 Å².